The molecule has 2 rings (SSSR count). The van der Waals surface area contributed by atoms with Gasteiger partial charge in [-0.2, -0.15) is 0 Å². The quantitative estimate of drug-likeness (QED) is 0.849. The van der Waals surface area contributed by atoms with E-state index in [-0.39, 0.29) is 29.7 Å². The second-order valence-electron chi connectivity index (χ2n) is 6.61. The summed E-state index contributed by atoms with van der Waals surface area (Å²) in [5.74, 6) is -0.195. The number of hydrogen-bond acceptors (Lipinski definition) is 2. The number of hydrogen-bond donors (Lipinski definition) is 2. The van der Waals surface area contributed by atoms with Crippen LogP contribution in [0.3, 0.4) is 0 Å². The Hall–Kier alpha value is -0.640. The van der Waals surface area contributed by atoms with Gasteiger partial charge in [0.1, 0.15) is 5.82 Å². The van der Waals surface area contributed by atoms with Crippen molar-refractivity contribution >= 4 is 12.4 Å². The van der Waals surface area contributed by atoms with Gasteiger partial charge in [-0.25, -0.2) is 4.39 Å². The first-order valence-electron chi connectivity index (χ1n) is 8.20. The van der Waals surface area contributed by atoms with Gasteiger partial charge in [-0.05, 0) is 37.3 Å². The molecule has 0 radical (unpaired) electrons. The summed E-state index contributed by atoms with van der Waals surface area (Å²) < 4.78 is 14.0. The normalized spacial score (nSPS) is 25.6. The minimum Gasteiger partial charge on any atom is -0.389 e. The summed E-state index contributed by atoms with van der Waals surface area (Å²) in [6.07, 6.45) is 5.78. The largest absolute Gasteiger partial charge is 0.389 e. The van der Waals surface area contributed by atoms with Crippen LogP contribution < -0.4 is 5.73 Å². The van der Waals surface area contributed by atoms with E-state index >= 15 is 0 Å². The Bertz CT molecular complexity index is 478. The lowest BCUT2D eigenvalue weighted by molar-refractivity contribution is -0.0804. The van der Waals surface area contributed by atoms with E-state index < -0.39 is 5.60 Å². The molecule has 1 aliphatic rings. The molecule has 1 aromatic rings. The molecule has 4 heteroatoms. The fraction of sp³-hybridized carbons (Fsp3) is 0.667. The molecule has 0 unspecified atom stereocenters. The summed E-state index contributed by atoms with van der Waals surface area (Å²) in [5.41, 5.74) is 5.94. The molecule has 22 heavy (non-hydrogen) atoms. The predicted octanol–water partition coefficient (Wildman–Crippen LogP) is 4.23. The highest BCUT2D eigenvalue weighted by molar-refractivity contribution is 5.85. The van der Waals surface area contributed by atoms with E-state index in [2.05, 4.69) is 13.8 Å². The van der Waals surface area contributed by atoms with Crippen LogP contribution in [0.5, 0.6) is 0 Å². The van der Waals surface area contributed by atoms with Crippen LogP contribution in [-0.2, 0) is 6.42 Å². The second-order valence-corrected chi connectivity index (χ2v) is 6.61. The molecule has 126 valence electrons. The van der Waals surface area contributed by atoms with Gasteiger partial charge < -0.3 is 10.8 Å². The van der Waals surface area contributed by atoms with Gasteiger partial charge >= 0.3 is 0 Å². The number of halogens is 2. The van der Waals surface area contributed by atoms with E-state index in [1.165, 1.54) is 6.07 Å². The molecule has 0 aliphatic heterocycles. The average molecular weight is 330 g/mol. The first kappa shape index (κ1) is 19.4. The molecule has 0 amide bonds. The molecule has 0 spiro atoms. The molecule has 0 bridgehead atoms. The second kappa shape index (κ2) is 7.76. The molecule has 3 N–H and O–H groups in total. The van der Waals surface area contributed by atoms with E-state index in [4.69, 9.17) is 5.73 Å². The third-order valence-corrected chi connectivity index (χ3v) is 5.47. The molecule has 1 aliphatic carbocycles. The van der Waals surface area contributed by atoms with Gasteiger partial charge in [-0.15, -0.1) is 12.4 Å². The summed E-state index contributed by atoms with van der Waals surface area (Å²) in [5, 5.41) is 11.3. The van der Waals surface area contributed by atoms with Crippen molar-refractivity contribution < 1.29 is 9.50 Å². The van der Waals surface area contributed by atoms with Crippen LogP contribution in [0, 0.1) is 11.7 Å². The number of aliphatic hydroxyl groups is 1. The maximum atomic E-state index is 14.0. The Kier molecular flexibility index (Phi) is 6.84. The topological polar surface area (TPSA) is 46.2 Å². The van der Waals surface area contributed by atoms with Crippen LogP contribution in [0.2, 0.25) is 0 Å². The molecule has 0 aromatic heterocycles. The smallest absolute Gasteiger partial charge is 0.126 e. The molecular weight excluding hydrogens is 301 g/mol. The average Bonchev–Trinajstić information content (AvgIpc) is 2.49. The fourth-order valence-electron chi connectivity index (χ4n) is 3.97. The zero-order chi connectivity index (χ0) is 15.5. The maximum absolute atomic E-state index is 14.0. The maximum Gasteiger partial charge on any atom is 0.126 e. The van der Waals surface area contributed by atoms with E-state index in [1.54, 1.807) is 12.1 Å². The molecule has 0 heterocycles. The summed E-state index contributed by atoms with van der Waals surface area (Å²) in [4.78, 5) is 0. The monoisotopic (exact) mass is 329 g/mol. The van der Waals surface area contributed by atoms with Crippen molar-refractivity contribution in [2.24, 2.45) is 11.7 Å². The highest BCUT2D eigenvalue weighted by Crippen LogP contribution is 2.44. The van der Waals surface area contributed by atoms with Crippen LogP contribution in [0.1, 0.15) is 57.9 Å². The Morgan fingerprint density at radius 2 is 1.91 bits per heavy atom. The standard InChI is InChI=1S/C18H28FNO.ClH/c1-3-17(20,4-2)16-11-7-8-12-18(16,21)13-14-9-5-6-10-15(14)19;/h5-6,9-10,16,21H,3-4,7-8,11-13,20H2,1-2H3;1H/t16-,18-;/m1./s1. The molecule has 1 saturated carbocycles. The minimum absolute atomic E-state index is 0. The van der Waals surface area contributed by atoms with Gasteiger partial charge in [0.05, 0.1) is 5.60 Å². The lowest BCUT2D eigenvalue weighted by Gasteiger charge is -2.49. The number of rotatable bonds is 5. The van der Waals surface area contributed by atoms with Crippen molar-refractivity contribution in [3.05, 3.63) is 35.6 Å². The lowest BCUT2D eigenvalue weighted by Crippen LogP contribution is -2.58. The van der Waals surface area contributed by atoms with Crippen LogP contribution >= 0.6 is 12.4 Å². The van der Waals surface area contributed by atoms with Gasteiger partial charge in [-0.3, -0.25) is 0 Å². The van der Waals surface area contributed by atoms with Gasteiger partial charge in [0.2, 0.25) is 0 Å². The summed E-state index contributed by atoms with van der Waals surface area (Å²) in [6.45, 7) is 4.17. The van der Waals surface area contributed by atoms with Crippen molar-refractivity contribution in [2.45, 2.75) is 69.9 Å². The Morgan fingerprint density at radius 1 is 1.27 bits per heavy atom. The summed E-state index contributed by atoms with van der Waals surface area (Å²) in [6, 6.07) is 6.75. The van der Waals surface area contributed by atoms with Crippen LogP contribution in [0.4, 0.5) is 4.39 Å². The minimum atomic E-state index is -0.888. The first-order valence-corrected chi connectivity index (χ1v) is 8.20. The van der Waals surface area contributed by atoms with Crippen molar-refractivity contribution in [3.63, 3.8) is 0 Å². The SMILES string of the molecule is CCC(N)(CC)[C@H]1CCCC[C@@]1(O)Cc1ccccc1F.Cl. The Morgan fingerprint density at radius 3 is 2.50 bits per heavy atom. The summed E-state index contributed by atoms with van der Waals surface area (Å²) in [7, 11) is 0. The van der Waals surface area contributed by atoms with Crippen LogP contribution in [0.25, 0.3) is 0 Å². The van der Waals surface area contributed by atoms with E-state index in [1.807, 2.05) is 6.07 Å². The van der Waals surface area contributed by atoms with Gasteiger partial charge in [0, 0.05) is 17.9 Å². The molecule has 2 atom stereocenters. The molecular formula is C18H29ClFNO. The predicted molar refractivity (Wildman–Crippen MR) is 91.8 cm³/mol. The number of benzene rings is 1. The van der Waals surface area contributed by atoms with Crippen LogP contribution in [-0.4, -0.2) is 16.2 Å². The molecule has 1 fully saturated rings. The van der Waals surface area contributed by atoms with Gasteiger partial charge in [0.25, 0.3) is 0 Å². The van der Waals surface area contributed by atoms with Gasteiger partial charge in [0.15, 0.2) is 0 Å². The van der Waals surface area contributed by atoms with E-state index in [0.29, 0.717) is 18.4 Å². The first-order chi connectivity index (χ1) is 9.95. The highest BCUT2D eigenvalue weighted by Gasteiger charge is 2.47. The lowest BCUT2D eigenvalue weighted by atomic mass is 9.62. The van der Waals surface area contributed by atoms with Crippen molar-refractivity contribution in [1.82, 2.24) is 0 Å². The van der Waals surface area contributed by atoms with Crippen molar-refractivity contribution in [1.29, 1.82) is 0 Å². The third kappa shape index (κ3) is 3.81. The van der Waals surface area contributed by atoms with Gasteiger partial charge in [-0.1, -0.05) is 44.9 Å². The van der Waals surface area contributed by atoms with Crippen molar-refractivity contribution in [2.75, 3.05) is 0 Å². The highest BCUT2D eigenvalue weighted by atomic mass is 35.5. The number of nitrogens with two attached hydrogens (primary N) is 1. The van der Waals surface area contributed by atoms with Crippen molar-refractivity contribution in [3.8, 4) is 0 Å². The molecule has 0 saturated heterocycles. The fourth-order valence-corrected chi connectivity index (χ4v) is 3.97. The zero-order valence-corrected chi connectivity index (χ0v) is 14.5. The Balaban J connectivity index is 0.00000242. The van der Waals surface area contributed by atoms with E-state index in [9.17, 15) is 9.50 Å². The zero-order valence-electron chi connectivity index (χ0n) is 13.6. The third-order valence-electron chi connectivity index (χ3n) is 5.47. The molecule has 1 aromatic carbocycles. The van der Waals surface area contributed by atoms with E-state index in [0.717, 1.165) is 32.1 Å². The molecule has 2 nitrogen and oxygen atoms in total. The summed E-state index contributed by atoms with van der Waals surface area (Å²) >= 11 is 0. The Labute approximate surface area is 139 Å². The van der Waals surface area contributed by atoms with Crippen LogP contribution in [0.15, 0.2) is 24.3 Å².